The molecule has 0 saturated carbocycles. The predicted octanol–water partition coefficient (Wildman–Crippen LogP) is 0.585. The third-order valence-electron chi connectivity index (χ3n) is 1.98. The number of nitrogens with one attached hydrogen (secondary N) is 3. The molecular formula is C10H18N4O. The van der Waals surface area contributed by atoms with Crippen LogP contribution in [0.4, 0.5) is 0 Å². The summed E-state index contributed by atoms with van der Waals surface area (Å²) in [6, 6.07) is 0.233. The molecule has 5 nitrogen and oxygen atoms in total. The van der Waals surface area contributed by atoms with Crippen LogP contribution >= 0.6 is 0 Å². The number of rotatable bonds is 5. The fraction of sp³-hybridized carbons (Fsp3) is 0.600. The minimum atomic E-state index is -0.0820. The van der Waals surface area contributed by atoms with Crippen molar-refractivity contribution >= 4 is 5.91 Å². The van der Waals surface area contributed by atoms with E-state index >= 15 is 0 Å². The van der Waals surface area contributed by atoms with Crippen molar-refractivity contribution in [1.29, 1.82) is 0 Å². The molecule has 0 aliphatic carbocycles. The van der Waals surface area contributed by atoms with Crippen LogP contribution in [-0.2, 0) is 4.79 Å². The topological polar surface area (TPSA) is 69.8 Å². The van der Waals surface area contributed by atoms with Gasteiger partial charge in [0.05, 0.1) is 12.6 Å². The van der Waals surface area contributed by atoms with Gasteiger partial charge in [-0.15, -0.1) is 0 Å². The number of H-pyrrole nitrogens is 1. The van der Waals surface area contributed by atoms with E-state index in [9.17, 15) is 4.79 Å². The largest absolute Gasteiger partial charge is 0.347 e. The Morgan fingerprint density at radius 2 is 2.27 bits per heavy atom. The molecule has 1 heterocycles. The van der Waals surface area contributed by atoms with Crippen LogP contribution in [0.2, 0.25) is 0 Å². The lowest BCUT2D eigenvalue weighted by atomic mass is 10.3. The first kappa shape index (κ1) is 11.7. The molecule has 3 N–H and O–H groups in total. The monoisotopic (exact) mass is 210 g/mol. The second-order valence-electron chi connectivity index (χ2n) is 3.80. The highest BCUT2D eigenvalue weighted by Crippen LogP contribution is 2.03. The Morgan fingerprint density at radius 1 is 1.53 bits per heavy atom. The molecule has 5 heteroatoms. The Labute approximate surface area is 89.7 Å². The van der Waals surface area contributed by atoms with Crippen LogP contribution < -0.4 is 10.6 Å². The lowest BCUT2D eigenvalue weighted by Crippen LogP contribution is -2.38. The highest BCUT2D eigenvalue weighted by atomic mass is 16.2. The van der Waals surface area contributed by atoms with E-state index in [1.54, 1.807) is 12.4 Å². The maximum Gasteiger partial charge on any atom is 0.234 e. The number of imidazole rings is 1. The molecule has 0 spiro atoms. The molecule has 0 radical (unpaired) electrons. The van der Waals surface area contributed by atoms with Crippen LogP contribution in [0.15, 0.2) is 12.4 Å². The Morgan fingerprint density at radius 3 is 2.80 bits per heavy atom. The summed E-state index contributed by atoms with van der Waals surface area (Å²) in [6.07, 6.45) is 3.41. The van der Waals surface area contributed by atoms with Gasteiger partial charge in [-0.05, 0) is 6.92 Å². The van der Waals surface area contributed by atoms with Gasteiger partial charge < -0.3 is 15.6 Å². The van der Waals surface area contributed by atoms with E-state index in [-0.39, 0.29) is 11.9 Å². The summed E-state index contributed by atoms with van der Waals surface area (Å²) in [5, 5.41) is 5.90. The summed E-state index contributed by atoms with van der Waals surface area (Å²) in [6.45, 7) is 6.24. The van der Waals surface area contributed by atoms with Gasteiger partial charge in [-0.1, -0.05) is 13.8 Å². The summed E-state index contributed by atoms with van der Waals surface area (Å²) in [4.78, 5) is 18.5. The highest BCUT2D eigenvalue weighted by Gasteiger charge is 2.10. The van der Waals surface area contributed by atoms with Gasteiger partial charge in [0, 0.05) is 18.4 Å². The fourth-order valence-electron chi connectivity index (χ4n) is 1.17. The standard InChI is InChI=1S/C10H18N4O/c1-7(2)13-6-9(15)14-8(3)10-11-4-5-12-10/h4-5,7-8,13H,6H2,1-3H3,(H,11,12)(H,14,15). The van der Waals surface area contributed by atoms with Gasteiger partial charge in [0.1, 0.15) is 5.82 Å². The smallest absolute Gasteiger partial charge is 0.234 e. The van der Waals surface area contributed by atoms with E-state index in [2.05, 4.69) is 20.6 Å². The Hall–Kier alpha value is -1.36. The predicted molar refractivity (Wildman–Crippen MR) is 58.3 cm³/mol. The van der Waals surface area contributed by atoms with Crippen molar-refractivity contribution in [2.24, 2.45) is 0 Å². The van der Waals surface area contributed by atoms with Gasteiger partial charge >= 0.3 is 0 Å². The normalized spacial score (nSPS) is 12.8. The molecule has 84 valence electrons. The van der Waals surface area contributed by atoms with Crippen molar-refractivity contribution < 1.29 is 4.79 Å². The Balaban J connectivity index is 2.32. The molecule has 1 unspecified atom stereocenters. The molecule has 1 rings (SSSR count). The van der Waals surface area contributed by atoms with E-state index < -0.39 is 0 Å². The summed E-state index contributed by atoms with van der Waals surface area (Å²) in [5.74, 6) is 0.750. The summed E-state index contributed by atoms with van der Waals surface area (Å²) < 4.78 is 0. The molecule has 15 heavy (non-hydrogen) atoms. The molecule has 1 atom stereocenters. The van der Waals surface area contributed by atoms with Crippen molar-refractivity contribution in [3.05, 3.63) is 18.2 Å². The van der Waals surface area contributed by atoms with Crippen LogP contribution in [-0.4, -0.2) is 28.5 Å². The lowest BCUT2D eigenvalue weighted by molar-refractivity contribution is -0.121. The van der Waals surface area contributed by atoms with Crippen molar-refractivity contribution in [2.75, 3.05) is 6.54 Å². The molecule has 0 aromatic carbocycles. The quantitative estimate of drug-likeness (QED) is 0.666. The SMILES string of the molecule is CC(C)NCC(=O)NC(C)c1ncc[nH]1. The van der Waals surface area contributed by atoms with E-state index in [1.807, 2.05) is 20.8 Å². The van der Waals surface area contributed by atoms with Gasteiger partial charge in [-0.2, -0.15) is 0 Å². The average molecular weight is 210 g/mol. The second-order valence-corrected chi connectivity index (χ2v) is 3.80. The molecule has 0 saturated heterocycles. The molecule has 1 aromatic rings. The third kappa shape index (κ3) is 4.12. The van der Waals surface area contributed by atoms with E-state index in [0.717, 1.165) is 5.82 Å². The van der Waals surface area contributed by atoms with Gasteiger partial charge in [-0.3, -0.25) is 4.79 Å². The van der Waals surface area contributed by atoms with E-state index in [1.165, 1.54) is 0 Å². The summed E-state index contributed by atoms with van der Waals surface area (Å²) in [7, 11) is 0. The minimum Gasteiger partial charge on any atom is -0.347 e. The maximum atomic E-state index is 11.4. The number of nitrogens with zero attached hydrogens (tertiary/aromatic N) is 1. The minimum absolute atomic E-state index is 0.0207. The third-order valence-corrected chi connectivity index (χ3v) is 1.98. The molecule has 0 fully saturated rings. The van der Waals surface area contributed by atoms with Gasteiger partial charge in [0.2, 0.25) is 5.91 Å². The first-order chi connectivity index (χ1) is 7.09. The maximum absolute atomic E-state index is 11.4. The number of carbonyl (C=O) groups is 1. The number of carbonyl (C=O) groups excluding carboxylic acids is 1. The number of aromatic nitrogens is 2. The first-order valence-electron chi connectivity index (χ1n) is 5.11. The molecule has 1 aromatic heterocycles. The molecule has 0 aliphatic rings. The molecule has 1 amide bonds. The molecule has 0 bridgehead atoms. The van der Waals surface area contributed by atoms with Crippen LogP contribution in [0, 0.1) is 0 Å². The van der Waals surface area contributed by atoms with Crippen molar-refractivity contribution in [3.63, 3.8) is 0 Å². The highest BCUT2D eigenvalue weighted by molar-refractivity contribution is 5.78. The van der Waals surface area contributed by atoms with Crippen LogP contribution in [0.5, 0.6) is 0 Å². The zero-order chi connectivity index (χ0) is 11.3. The Bertz CT molecular complexity index is 294. The zero-order valence-electron chi connectivity index (χ0n) is 9.37. The van der Waals surface area contributed by atoms with Crippen molar-refractivity contribution in [1.82, 2.24) is 20.6 Å². The summed E-state index contributed by atoms with van der Waals surface area (Å²) >= 11 is 0. The summed E-state index contributed by atoms with van der Waals surface area (Å²) in [5.41, 5.74) is 0. The number of aromatic amines is 1. The van der Waals surface area contributed by atoms with Gasteiger partial charge in [-0.25, -0.2) is 4.98 Å². The van der Waals surface area contributed by atoms with E-state index in [4.69, 9.17) is 0 Å². The van der Waals surface area contributed by atoms with Crippen LogP contribution in [0.1, 0.15) is 32.6 Å². The van der Waals surface area contributed by atoms with Crippen LogP contribution in [0.25, 0.3) is 0 Å². The number of amides is 1. The second kappa shape index (κ2) is 5.50. The zero-order valence-corrected chi connectivity index (χ0v) is 9.37. The van der Waals surface area contributed by atoms with Gasteiger partial charge in [0.15, 0.2) is 0 Å². The van der Waals surface area contributed by atoms with E-state index in [0.29, 0.717) is 12.6 Å². The molecule has 0 aliphatic heterocycles. The lowest BCUT2D eigenvalue weighted by Gasteiger charge is -2.13. The van der Waals surface area contributed by atoms with Crippen molar-refractivity contribution in [3.8, 4) is 0 Å². The van der Waals surface area contributed by atoms with Gasteiger partial charge in [0.25, 0.3) is 0 Å². The van der Waals surface area contributed by atoms with Crippen molar-refractivity contribution in [2.45, 2.75) is 32.9 Å². The van der Waals surface area contributed by atoms with Crippen LogP contribution in [0.3, 0.4) is 0 Å². The first-order valence-corrected chi connectivity index (χ1v) is 5.11. The molecular weight excluding hydrogens is 192 g/mol. The fourth-order valence-corrected chi connectivity index (χ4v) is 1.17. The number of hydrogen-bond donors (Lipinski definition) is 3. The number of hydrogen-bond acceptors (Lipinski definition) is 3. The Kier molecular flexibility index (Phi) is 4.30. The average Bonchev–Trinajstić information content (AvgIpc) is 2.67.